The molecule has 3 heteroatoms. The molecule has 1 fully saturated rings. The Morgan fingerprint density at radius 2 is 1.94 bits per heavy atom. The summed E-state index contributed by atoms with van der Waals surface area (Å²) in [5, 5.41) is 0. The summed E-state index contributed by atoms with van der Waals surface area (Å²) in [6.45, 7) is 1.96. The van der Waals surface area contributed by atoms with Crippen LogP contribution in [-0.4, -0.2) is 20.9 Å². The summed E-state index contributed by atoms with van der Waals surface area (Å²) in [5.41, 5.74) is 1.20. The highest BCUT2D eigenvalue weighted by Gasteiger charge is 2.49. The number of hydrogen-bond acceptors (Lipinski definition) is 2. The van der Waals surface area contributed by atoms with Crippen molar-refractivity contribution in [1.82, 2.24) is 0 Å². The summed E-state index contributed by atoms with van der Waals surface area (Å²) in [6.07, 6.45) is 2.19. The maximum atomic E-state index is 11.9. The predicted octanol–water partition coefficient (Wildman–Crippen LogP) is 1.32. The molecule has 0 amide bonds. The van der Waals surface area contributed by atoms with E-state index in [2.05, 4.69) is 0 Å². The summed E-state index contributed by atoms with van der Waals surface area (Å²) in [4.78, 5) is 11.9. The van der Waals surface area contributed by atoms with Crippen LogP contribution in [0.3, 0.4) is 0 Å². The first-order valence-electron chi connectivity index (χ1n) is 5.53. The van der Waals surface area contributed by atoms with Gasteiger partial charge in [-0.25, -0.2) is 0 Å². The highest BCUT2D eigenvalue weighted by Crippen LogP contribution is 2.47. The monoisotopic (exact) mass is 214 g/mol. The zero-order valence-electron chi connectivity index (χ0n) is 9.69. The minimum atomic E-state index is -0.511. The van der Waals surface area contributed by atoms with E-state index in [4.69, 9.17) is 12.6 Å². The second kappa shape index (κ2) is 3.97. The van der Waals surface area contributed by atoms with Gasteiger partial charge in [-0.2, -0.15) is 0 Å². The molecule has 1 aromatic carbocycles. The third-order valence-electron chi connectivity index (χ3n) is 3.51. The van der Waals surface area contributed by atoms with Gasteiger partial charge in [-0.3, -0.25) is 4.79 Å². The molecule has 0 saturated heterocycles. The number of ether oxygens (including phenoxy) is 1. The molecule has 82 valence electrons. The first-order valence-corrected chi connectivity index (χ1v) is 5.53. The van der Waals surface area contributed by atoms with Gasteiger partial charge in [0.25, 0.3) is 0 Å². The third-order valence-corrected chi connectivity index (χ3v) is 3.51. The lowest BCUT2D eigenvalue weighted by molar-refractivity contribution is -0.147. The van der Waals surface area contributed by atoms with Gasteiger partial charge in [-0.15, -0.1) is 0 Å². The second-order valence-corrected chi connectivity index (χ2v) is 4.59. The molecule has 0 bridgehead atoms. The van der Waals surface area contributed by atoms with Crippen LogP contribution in [0, 0.1) is 5.92 Å². The molecule has 16 heavy (non-hydrogen) atoms. The van der Waals surface area contributed by atoms with Gasteiger partial charge >= 0.3 is 5.97 Å². The Bertz CT molecular complexity index is 395. The molecule has 0 spiro atoms. The molecule has 1 aromatic rings. The Hall–Kier alpha value is -1.25. The van der Waals surface area contributed by atoms with Crippen LogP contribution >= 0.6 is 0 Å². The van der Waals surface area contributed by atoms with E-state index in [1.807, 2.05) is 31.2 Å². The van der Waals surface area contributed by atoms with Crippen LogP contribution in [0.1, 0.15) is 25.3 Å². The first kappa shape index (κ1) is 11.2. The summed E-state index contributed by atoms with van der Waals surface area (Å²) in [5.74, 6) is 0.253. The van der Waals surface area contributed by atoms with Crippen molar-refractivity contribution < 1.29 is 9.53 Å². The summed E-state index contributed by atoms with van der Waals surface area (Å²) >= 11 is 0. The van der Waals surface area contributed by atoms with Crippen LogP contribution in [0.25, 0.3) is 0 Å². The van der Waals surface area contributed by atoms with Gasteiger partial charge in [0.05, 0.1) is 12.5 Å². The lowest BCUT2D eigenvalue weighted by Crippen LogP contribution is -2.36. The summed E-state index contributed by atoms with van der Waals surface area (Å²) < 4.78 is 4.93. The topological polar surface area (TPSA) is 26.3 Å². The Morgan fingerprint density at radius 1 is 1.38 bits per heavy atom. The molecule has 2 rings (SSSR count). The van der Waals surface area contributed by atoms with E-state index in [1.165, 1.54) is 7.11 Å². The van der Waals surface area contributed by atoms with Crippen LogP contribution in [0.2, 0.25) is 0 Å². The normalized spacial score (nSPS) is 18.9. The molecule has 0 aromatic heterocycles. The number of benzene rings is 1. The molecular weight excluding hydrogens is 199 g/mol. The third kappa shape index (κ3) is 1.75. The lowest BCUT2D eigenvalue weighted by Gasteiger charge is -2.27. The fourth-order valence-corrected chi connectivity index (χ4v) is 2.22. The summed E-state index contributed by atoms with van der Waals surface area (Å²) in [7, 11) is 7.10. The van der Waals surface area contributed by atoms with Crippen molar-refractivity contribution in [1.29, 1.82) is 0 Å². The molecular formula is C13H15BO2. The van der Waals surface area contributed by atoms with Crippen LogP contribution in [0.5, 0.6) is 0 Å². The Balaban J connectivity index is 2.39. The maximum absolute atomic E-state index is 11.9. The van der Waals surface area contributed by atoms with Crippen LogP contribution in [0.15, 0.2) is 24.3 Å². The van der Waals surface area contributed by atoms with Gasteiger partial charge in [0.2, 0.25) is 0 Å². The van der Waals surface area contributed by atoms with Crippen LogP contribution < -0.4 is 5.46 Å². The Kier molecular flexibility index (Phi) is 2.79. The molecule has 2 radical (unpaired) electrons. The predicted molar refractivity (Wildman–Crippen MR) is 63.9 cm³/mol. The molecule has 1 aliphatic rings. The molecule has 2 nitrogen and oxygen atoms in total. The van der Waals surface area contributed by atoms with Crippen molar-refractivity contribution in [2.45, 2.75) is 25.2 Å². The van der Waals surface area contributed by atoms with Crippen molar-refractivity contribution in [2.75, 3.05) is 7.11 Å². The number of hydrogen-bond donors (Lipinski definition) is 0. The average Bonchev–Trinajstić information content (AvgIpc) is 3.12. The zero-order valence-corrected chi connectivity index (χ0v) is 9.69. The fraction of sp³-hybridized carbons (Fsp3) is 0.462. The molecule has 1 saturated carbocycles. The number of carbonyl (C=O) groups is 1. The maximum Gasteiger partial charge on any atom is 0.316 e. The van der Waals surface area contributed by atoms with Gasteiger partial charge in [0.15, 0.2) is 0 Å². The van der Waals surface area contributed by atoms with Gasteiger partial charge < -0.3 is 4.74 Å². The molecule has 1 atom stereocenters. The lowest BCUT2D eigenvalue weighted by atomic mass is 9.77. The fourth-order valence-electron chi connectivity index (χ4n) is 2.22. The minimum Gasteiger partial charge on any atom is -0.468 e. The van der Waals surface area contributed by atoms with E-state index in [0.29, 0.717) is 11.4 Å². The zero-order chi connectivity index (χ0) is 11.8. The smallest absolute Gasteiger partial charge is 0.316 e. The molecule has 1 aliphatic carbocycles. The second-order valence-electron chi connectivity index (χ2n) is 4.59. The minimum absolute atomic E-state index is 0.153. The average molecular weight is 214 g/mol. The van der Waals surface area contributed by atoms with Crippen molar-refractivity contribution in [3.8, 4) is 0 Å². The molecule has 0 N–H and O–H groups in total. The van der Waals surface area contributed by atoms with Crippen molar-refractivity contribution in [3.05, 3.63) is 29.8 Å². The highest BCUT2D eigenvalue weighted by molar-refractivity contribution is 6.32. The van der Waals surface area contributed by atoms with Gasteiger partial charge in [0, 0.05) is 0 Å². The first-order chi connectivity index (χ1) is 7.59. The van der Waals surface area contributed by atoms with Crippen LogP contribution in [-0.2, 0) is 14.9 Å². The van der Waals surface area contributed by atoms with Crippen molar-refractivity contribution >= 4 is 19.3 Å². The van der Waals surface area contributed by atoms with Gasteiger partial charge in [0.1, 0.15) is 7.85 Å². The Morgan fingerprint density at radius 3 is 2.38 bits per heavy atom. The number of rotatable bonds is 3. The van der Waals surface area contributed by atoms with E-state index in [1.54, 1.807) is 0 Å². The summed E-state index contributed by atoms with van der Waals surface area (Å²) in [6, 6.07) is 7.51. The van der Waals surface area contributed by atoms with Gasteiger partial charge in [-0.1, -0.05) is 29.7 Å². The quantitative estimate of drug-likeness (QED) is 0.560. The Labute approximate surface area is 97.4 Å². The van der Waals surface area contributed by atoms with Crippen LogP contribution in [0.4, 0.5) is 0 Å². The molecule has 1 unspecified atom stereocenters. The van der Waals surface area contributed by atoms with E-state index < -0.39 is 5.41 Å². The molecule has 0 heterocycles. The van der Waals surface area contributed by atoms with Crippen molar-refractivity contribution in [2.24, 2.45) is 5.92 Å². The largest absolute Gasteiger partial charge is 0.468 e. The van der Waals surface area contributed by atoms with E-state index >= 15 is 0 Å². The van der Waals surface area contributed by atoms with Crippen molar-refractivity contribution in [3.63, 3.8) is 0 Å². The number of carbonyl (C=O) groups excluding carboxylic acids is 1. The van der Waals surface area contributed by atoms with E-state index in [0.717, 1.165) is 18.4 Å². The van der Waals surface area contributed by atoms with E-state index in [9.17, 15) is 4.79 Å². The SMILES string of the molecule is [B]c1ccc(C(C)(C(=O)OC)C2CC2)cc1. The number of esters is 1. The molecule has 0 aliphatic heterocycles. The van der Waals surface area contributed by atoms with E-state index in [-0.39, 0.29) is 5.97 Å². The number of methoxy groups -OCH3 is 1. The van der Waals surface area contributed by atoms with Gasteiger partial charge in [-0.05, 0) is 31.2 Å². The highest BCUT2D eigenvalue weighted by atomic mass is 16.5. The standard InChI is InChI=1S/C13H15BO2/c1-13(9-3-4-9,12(15)16-2)10-5-7-11(14)8-6-10/h5-9H,3-4H2,1-2H3.